The van der Waals surface area contributed by atoms with Crippen LogP contribution in [0.5, 0.6) is 11.5 Å². The Kier molecular flexibility index (Phi) is 3.06. The van der Waals surface area contributed by atoms with Crippen molar-refractivity contribution in [3.63, 3.8) is 0 Å². The van der Waals surface area contributed by atoms with E-state index in [1.54, 1.807) is 0 Å². The molecule has 0 spiro atoms. The Hall–Kier alpha value is -1.75. The van der Waals surface area contributed by atoms with Crippen molar-refractivity contribution in [3.8, 4) is 11.5 Å². The van der Waals surface area contributed by atoms with Gasteiger partial charge in [-0.25, -0.2) is 0 Å². The fraction of sp³-hybridized carbons (Fsp3) is 0.500. The van der Waals surface area contributed by atoms with Crippen LogP contribution in [0.4, 0.5) is 0 Å². The van der Waals surface area contributed by atoms with Gasteiger partial charge in [-0.1, -0.05) is 6.07 Å². The molecule has 19 heavy (non-hydrogen) atoms. The zero-order valence-electron chi connectivity index (χ0n) is 10.8. The van der Waals surface area contributed by atoms with E-state index in [9.17, 15) is 4.79 Å². The largest absolute Gasteiger partial charge is 0.486 e. The summed E-state index contributed by atoms with van der Waals surface area (Å²) in [5, 5.41) is 12.3. The second-order valence-corrected chi connectivity index (χ2v) is 5.04. The van der Waals surface area contributed by atoms with Crippen molar-refractivity contribution in [2.45, 2.75) is 19.4 Å². The number of carbonyl (C=O) groups is 1. The van der Waals surface area contributed by atoms with Crippen molar-refractivity contribution in [2.75, 3.05) is 19.8 Å². The smallest absolute Gasteiger partial charge is 0.307 e. The van der Waals surface area contributed by atoms with Crippen LogP contribution in [0.15, 0.2) is 12.1 Å². The van der Waals surface area contributed by atoms with Crippen molar-refractivity contribution >= 4 is 5.97 Å². The summed E-state index contributed by atoms with van der Waals surface area (Å²) < 4.78 is 11.2. The van der Waals surface area contributed by atoms with Gasteiger partial charge in [-0.3, -0.25) is 4.79 Å². The molecule has 1 aromatic rings. The molecule has 1 fully saturated rings. The molecule has 0 saturated carbocycles. The Labute approximate surface area is 111 Å². The van der Waals surface area contributed by atoms with Crippen LogP contribution >= 0.6 is 0 Å². The maximum atomic E-state index is 11.0. The van der Waals surface area contributed by atoms with E-state index in [0.29, 0.717) is 26.2 Å². The fourth-order valence-corrected chi connectivity index (χ4v) is 2.81. The highest BCUT2D eigenvalue weighted by molar-refractivity contribution is 5.71. The molecule has 0 radical (unpaired) electrons. The van der Waals surface area contributed by atoms with Crippen molar-refractivity contribution in [3.05, 3.63) is 23.3 Å². The van der Waals surface area contributed by atoms with Crippen LogP contribution in [0.25, 0.3) is 0 Å². The highest BCUT2D eigenvalue weighted by atomic mass is 16.6. The monoisotopic (exact) mass is 263 g/mol. The molecule has 5 nitrogen and oxygen atoms in total. The van der Waals surface area contributed by atoms with Crippen molar-refractivity contribution in [2.24, 2.45) is 5.92 Å². The third kappa shape index (κ3) is 2.14. The maximum absolute atomic E-state index is 11.0. The number of benzene rings is 1. The minimum atomic E-state index is -0.731. The summed E-state index contributed by atoms with van der Waals surface area (Å²) >= 11 is 0. The summed E-state index contributed by atoms with van der Waals surface area (Å²) in [5.41, 5.74) is 2.15. The Balaban J connectivity index is 1.88. The molecular formula is C14H17NO4. The molecule has 1 aromatic carbocycles. The molecule has 102 valence electrons. The van der Waals surface area contributed by atoms with Crippen LogP contribution in [-0.4, -0.2) is 30.8 Å². The number of fused-ring (bicyclic) bond motifs is 1. The predicted molar refractivity (Wildman–Crippen MR) is 68.7 cm³/mol. The molecule has 2 aliphatic heterocycles. The molecule has 2 aliphatic rings. The van der Waals surface area contributed by atoms with E-state index in [2.05, 4.69) is 5.32 Å². The molecule has 5 heteroatoms. The van der Waals surface area contributed by atoms with Gasteiger partial charge in [0.1, 0.15) is 13.2 Å². The minimum absolute atomic E-state index is 0.0805. The highest BCUT2D eigenvalue weighted by Crippen LogP contribution is 2.39. The van der Waals surface area contributed by atoms with Gasteiger partial charge in [0.15, 0.2) is 11.5 Å². The summed E-state index contributed by atoms with van der Waals surface area (Å²) in [7, 11) is 0. The maximum Gasteiger partial charge on any atom is 0.307 e. The molecule has 2 unspecified atom stereocenters. The van der Waals surface area contributed by atoms with Crippen molar-refractivity contribution < 1.29 is 19.4 Å². The predicted octanol–water partition coefficient (Wildman–Crippen LogP) is 1.50. The van der Waals surface area contributed by atoms with Gasteiger partial charge in [-0.05, 0) is 30.5 Å². The first-order chi connectivity index (χ1) is 9.16. The third-order valence-electron chi connectivity index (χ3n) is 3.85. The first-order valence-electron chi connectivity index (χ1n) is 6.52. The second kappa shape index (κ2) is 4.74. The molecule has 3 rings (SSSR count). The van der Waals surface area contributed by atoms with E-state index in [4.69, 9.17) is 14.6 Å². The van der Waals surface area contributed by atoms with Crippen LogP contribution < -0.4 is 14.8 Å². The van der Waals surface area contributed by atoms with Crippen LogP contribution in [-0.2, 0) is 4.79 Å². The average Bonchev–Trinajstić information content (AvgIpc) is 2.89. The molecule has 0 amide bonds. The average molecular weight is 263 g/mol. The Morgan fingerprint density at radius 2 is 2.16 bits per heavy atom. The first-order valence-corrected chi connectivity index (χ1v) is 6.52. The van der Waals surface area contributed by atoms with Gasteiger partial charge in [-0.2, -0.15) is 0 Å². The lowest BCUT2D eigenvalue weighted by molar-refractivity contribution is -0.141. The number of hydrogen-bond donors (Lipinski definition) is 2. The van der Waals surface area contributed by atoms with Gasteiger partial charge in [0.05, 0.1) is 5.92 Å². The molecule has 0 aromatic heterocycles. The molecule has 0 aliphatic carbocycles. The SMILES string of the molecule is Cc1c(C2CC(C(=O)O)CN2)ccc2c1OCCO2. The van der Waals surface area contributed by atoms with Crippen LogP contribution in [0, 0.1) is 12.8 Å². The number of rotatable bonds is 2. The van der Waals surface area contributed by atoms with Gasteiger partial charge in [0.2, 0.25) is 0 Å². The first kappa shape index (κ1) is 12.3. The molecule has 2 heterocycles. The van der Waals surface area contributed by atoms with Gasteiger partial charge >= 0.3 is 5.97 Å². The highest BCUT2D eigenvalue weighted by Gasteiger charge is 2.32. The van der Waals surface area contributed by atoms with Crippen molar-refractivity contribution in [1.29, 1.82) is 0 Å². The topological polar surface area (TPSA) is 67.8 Å². The number of ether oxygens (including phenoxy) is 2. The number of carboxylic acids is 1. The molecule has 2 atom stereocenters. The molecule has 2 N–H and O–H groups in total. The van der Waals surface area contributed by atoms with Gasteiger partial charge in [0.25, 0.3) is 0 Å². The zero-order chi connectivity index (χ0) is 13.4. The molecule has 0 bridgehead atoms. The number of hydrogen-bond acceptors (Lipinski definition) is 4. The molecular weight excluding hydrogens is 246 g/mol. The third-order valence-corrected chi connectivity index (χ3v) is 3.85. The van der Waals surface area contributed by atoms with Crippen LogP contribution in [0.1, 0.15) is 23.6 Å². The zero-order valence-corrected chi connectivity index (χ0v) is 10.8. The van der Waals surface area contributed by atoms with Gasteiger partial charge in [0, 0.05) is 12.6 Å². The summed E-state index contributed by atoms with van der Waals surface area (Å²) in [6.45, 7) is 3.66. The Morgan fingerprint density at radius 3 is 2.89 bits per heavy atom. The summed E-state index contributed by atoms with van der Waals surface area (Å²) in [6, 6.07) is 3.99. The lowest BCUT2D eigenvalue weighted by Gasteiger charge is -2.23. The normalized spacial score (nSPS) is 25.3. The van der Waals surface area contributed by atoms with Crippen molar-refractivity contribution in [1.82, 2.24) is 5.32 Å². The fourth-order valence-electron chi connectivity index (χ4n) is 2.81. The summed E-state index contributed by atoms with van der Waals surface area (Å²) in [5.74, 6) is 0.535. The van der Waals surface area contributed by atoms with Crippen LogP contribution in [0.2, 0.25) is 0 Å². The minimum Gasteiger partial charge on any atom is -0.486 e. The van der Waals surface area contributed by atoms with E-state index in [1.165, 1.54) is 0 Å². The lowest BCUT2D eigenvalue weighted by atomic mass is 9.95. The lowest BCUT2D eigenvalue weighted by Crippen LogP contribution is -2.19. The van der Waals surface area contributed by atoms with E-state index in [-0.39, 0.29) is 12.0 Å². The summed E-state index contributed by atoms with van der Waals surface area (Å²) in [4.78, 5) is 11.0. The van der Waals surface area contributed by atoms with E-state index in [0.717, 1.165) is 22.6 Å². The van der Waals surface area contributed by atoms with Crippen LogP contribution in [0.3, 0.4) is 0 Å². The second-order valence-electron chi connectivity index (χ2n) is 5.04. The number of nitrogens with one attached hydrogen (secondary N) is 1. The van der Waals surface area contributed by atoms with Gasteiger partial charge in [-0.15, -0.1) is 0 Å². The Morgan fingerprint density at radius 1 is 1.37 bits per heavy atom. The number of carboxylic acid groups (broad SMARTS) is 1. The summed E-state index contributed by atoms with van der Waals surface area (Å²) in [6.07, 6.45) is 0.621. The number of aliphatic carboxylic acids is 1. The Bertz CT molecular complexity index is 514. The molecule has 1 saturated heterocycles. The standard InChI is InChI=1S/C14H17NO4/c1-8-10(11-6-9(7-15-11)14(16)17)2-3-12-13(8)19-5-4-18-12/h2-3,9,11,15H,4-7H2,1H3,(H,16,17). The van der Waals surface area contributed by atoms with E-state index >= 15 is 0 Å². The van der Waals surface area contributed by atoms with E-state index in [1.807, 2.05) is 19.1 Å². The van der Waals surface area contributed by atoms with E-state index < -0.39 is 5.97 Å². The van der Waals surface area contributed by atoms with Gasteiger partial charge < -0.3 is 19.9 Å². The quantitative estimate of drug-likeness (QED) is 0.846.